The maximum Gasteiger partial charge on any atom is 0.169 e. The number of halogens is 1. The second kappa shape index (κ2) is 5.78. The Bertz CT molecular complexity index is 853. The second-order valence-electron chi connectivity index (χ2n) is 6.63. The van der Waals surface area contributed by atoms with Gasteiger partial charge in [-0.15, -0.1) is 0 Å². The predicted octanol–water partition coefficient (Wildman–Crippen LogP) is 4.36. The van der Waals surface area contributed by atoms with Crippen molar-refractivity contribution in [2.45, 2.75) is 32.6 Å². The highest BCUT2D eigenvalue weighted by molar-refractivity contribution is 6.29. The van der Waals surface area contributed by atoms with Crippen LogP contribution in [0, 0.1) is 11.8 Å². The molecule has 4 rings (SSSR count). The molecule has 0 amide bonds. The number of Topliss-reactive ketones (excluding diaryl/α,β-unsaturated/α-hetero) is 1. The minimum atomic E-state index is 0.0666. The molecule has 1 aromatic heterocycles. The Morgan fingerprint density at radius 1 is 1.33 bits per heavy atom. The van der Waals surface area contributed by atoms with Gasteiger partial charge in [0, 0.05) is 23.7 Å². The summed E-state index contributed by atoms with van der Waals surface area (Å²) < 4.78 is 1.82. The van der Waals surface area contributed by atoms with Crippen LogP contribution >= 0.6 is 11.6 Å². The standard InChI is InChI=1S/C19H19ClN2O2/c1-2-11-5-6-14(22-9-16(20)21-10-22)8-15(11)17-18(23)12-3-4-13(7-12)19(17)24/h5-6,8-10,12-13,23H,2-4,7H2,1H3/t12-,13+/m0/s1. The average molecular weight is 343 g/mol. The number of nitrogens with zero attached hydrogens (tertiary/aromatic N) is 2. The fraction of sp³-hybridized carbons (Fsp3) is 0.368. The molecule has 0 radical (unpaired) electrons. The Morgan fingerprint density at radius 2 is 2.12 bits per heavy atom. The molecule has 1 heterocycles. The topological polar surface area (TPSA) is 55.1 Å². The van der Waals surface area contributed by atoms with E-state index in [1.165, 1.54) is 0 Å². The van der Waals surface area contributed by atoms with E-state index in [0.29, 0.717) is 10.7 Å². The number of carbonyl (C=O) groups excluding carboxylic acids is 1. The van der Waals surface area contributed by atoms with Crippen molar-refractivity contribution in [3.8, 4) is 5.69 Å². The van der Waals surface area contributed by atoms with Crippen LogP contribution in [0.25, 0.3) is 11.3 Å². The first kappa shape index (κ1) is 15.5. The van der Waals surface area contributed by atoms with Crippen LogP contribution in [0.5, 0.6) is 0 Å². The molecule has 2 atom stereocenters. The van der Waals surface area contributed by atoms with Gasteiger partial charge >= 0.3 is 0 Å². The smallest absolute Gasteiger partial charge is 0.169 e. The maximum absolute atomic E-state index is 12.9. The number of aliphatic hydroxyl groups is 1. The van der Waals surface area contributed by atoms with Gasteiger partial charge in [-0.25, -0.2) is 4.98 Å². The van der Waals surface area contributed by atoms with Gasteiger partial charge in [-0.05, 0) is 48.9 Å². The number of allylic oxidation sites excluding steroid dienone is 2. The second-order valence-corrected chi connectivity index (χ2v) is 7.02. The van der Waals surface area contributed by atoms with Crippen molar-refractivity contribution in [2.75, 3.05) is 0 Å². The Hall–Kier alpha value is -2.07. The molecule has 124 valence electrons. The van der Waals surface area contributed by atoms with Gasteiger partial charge in [0.1, 0.15) is 17.2 Å². The summed E-state index contributed by atoms with van der Waals surface area (Å²) >= 11 is 5.91. The Balaban J connectivity index is 1.87. The molecule has 0 unspecified atom stereocenters. The highest BCUT2D eigenvalue weighted by Gasteiger charge is 2.41. The van der Waals surface area contributed by atoms with Gasteiger partial charge in [0.2, 0.25) is 0 Å². The molecule has 2 aliphatic rings. The van der Waals surface area contributed by atoms with E-state index in [4.69, 9.17) is 11.6 Å². The fourth-order valence-corrected chi connectivity index (χ4v) is 4.13. The van der Waals surface area contributed by atoms with Crippen molar-refractivity contribution >= 4 is 23.0 Å². The third-order valence-electron chi connectivity index (χ3n) is 5.29. The summed E-state index contributed by atoms with van der Waals surface area (Å²) in [6, 6.07) is 5.97. The van der Waals surface area contributed by atoms with Gasteiger partial charge in [-0.2, -0.15) is 0 Å². The van der Waals surface area contributed by atoms with Gasteiger partial charge in [0.05, 0.1) is 5.57 Å². The number of imidazole rings is 1. The average Bonchev–Trinajstić information content (AvgIpc) is 3.21. The summed E-state index contributed by atoms with van der Waals surface area (Å²) in [4.78, 5) is 16.9. The van der Waals surface area contributed by atoms with Crippen LogP contribution in [0.1, 0.15) is 37.3 Å². The number of carbonyl (C=O) groups is 1. The molecule has 2 bridgehead atoms. The first-order valence-electron chi connectivity index (χ1n) is 8.39. The number of aryl methyl sites for hydroxylation is 1. The van der Waals surface area contributed by atoms with Crippen LogP contribution in [0.3, 0.4) is 0 Å². The normalized spacial score (nSPS) is 23.2. The first-order chi connectivity index (χ1) is 11.6. The highest BCUT2D eigenvalue weighted by atomic mass is 35.5. The number of aliphatic hydroxyl groups excluding tert-OH is 1. The number of rotatable bonds is 3. The lowest BCUT2D eigenvalue weighted by Gasteiger charge is -2.23. The van der Waals surface area contributed by atoms with Crippen molar-refractivity contribution in [3.05, 3.63) is 52.8 Å². The largest absolute Gasteiger partial charge is 0.511 e. The lowest BCUT2D eigenvalue weighted by Crippen LogP contribution is -2.22. The van der Waals surface area contributed by atoms with E-state index in [1.54, 1.807) is 12.5 Å². The van der Waals surface area contributed by atoms with Crippen molar-refractivity contribution in [1.29, 1.82) is 0 Å². The Kier molecular flexibility index (Phi) is 3.72. The number of hydrogen-bond donors (Lipinski definition) is 1. The van der Waals surface area contributed by atoms with Gasteiger partial charge in [0.25, 0.3) is 0 Å². The van der Waals surface area contributed by atoms with Gasteiger partial charge < -0.3 is 9.67 Å². The summed E-state index contributed by atoms with van der Waals surface area (Å²) in [7, 11) is 0. The lowest BCUT2D eigenvalue weighted by atomic mass is 9.81. The zero-order valence-electron chi connectivity index (χ0n) is 13.5. The van der Waals surface area contributed by atoms with Crippen LogP contribution in [-0.2, 0) is 11.2 Å². The summed E-state index contributed by atoms with van der Waals surface area (Å²) in [6.07, 6.45) is 6.77. The number of benzene rings is 1. The summed E-state index contributed by atoms with van der Waals surface area (Å²) in [6.45, 7) is 2.06. The number of fused-ring (bicyclic) bond motifs is 2. The number of aromatic nitrogens is 2. The minimum absolute atomic E-state index is 0.0666. The molecule has 1 saturated carbocycles. The zero-order chi connectivity index (χ0) is 16.8. The van der Waals surface area contributed by atoms with Crippen LogP contribution < -0.4 is 0 Å². The van der Waals surface area contributed by atoms with E-state index in [2.05, 4.69) is 11.9 Å². The van der Waals surface area contributed by atoms with E-state index in [0.717, 1.165) is 42.5 Å². The Labute approximate surface area is 145 Å². The molecule has 1 N–H and O–H groups in total. The monoisotopic (exact) mass is 342 g/mol. The summed E-state index contributed by atoms with van der Waals surface area (Å²) in [5.41, 5.74) is 3.33. The number of ketones is 1. The fourth-order valence-electron chi connectivity index (χ4n) is 3.98. The van der Waals surface area contributed by atoms with Crippen LogP contribution in [0.2, 0.25) is 5.15 Å². The van der Waals surface area contributed by atoms with Gasteiger partial charge in [-0.1, -0.05) is 24.6 Å². The first-order valence-corrected chi connectivity index (χ1v) is 8.76. The van der Waals surface area contributed by atoms with E-state index in [1.807, 2.05) is 22.8 Å². The molecule has 4 nitrogen and oxygen atoms in total. The molecule has 2 aromatic rings. The third kappa shape index (κ3) is 2.37. The summed E-state index contributed by atoms with van der Waals surface area (Å²) in [5, 5.41) is 11.1. The van der Waals surface area contributed by atoms with E-state index >= 15 is 0 Å². The van der Waals surface area contributed by atoms with Crippen molar-refractivity contribution in [3.63, 3.8) is 0 Å². The number of hydrogen-bond acceptors (Lipinski definition) is 3. The van der Waals surface area contributed by atoms with E-state index < -0.39 is 0 Å². The molecule has 1 fully saturated rings. The molecule has 0 aliphatic heterocycles. The molecule has 5 heteroatoms. The van der Waals surface area contributed by atoms with E-state index in [-0.39, 0.29) is 23.4 Å². The molecule has 0 spiro atoms. The molecular weight excluding hydrogens is 324 g/mol. The molecule has 0 saturated heterocycles. The minimum Gasteiger partial charge on any atom is -0.511 e. The Morgan fingerprint density at radius 3 is 2.83 bits per heavy atom. The SMILES string of the molecule is CCc1ccc(-n2cnc(Cl)c2)cc1C1=C(O)[C@H]2CC[C@H](C2)C1=O. The maximum atomic E-state index is 12.9. The van der Waals surface area contributed by atoms with E-state index in [9.17, 15) is 9.90 Å². The molecule has 2 aliphatic carbocycles. The zero-order valence-corrected chi connectivity index (χ0v) is 14.3. The van der Waals surface area contributed by atoms with Crippen molar-refractivity contribution in [1.82, 2.24) is 9.55 Å². The molecule has 24 heavy (non-hydrogen) atoms. The van der Waals surface area contributed by atoms with Crippen LogP contribution in [0.4, 0.5) is 0 Å². The lowest BCUT2D eigenvalue weighted by molar-refractivity contribution is -0.117. The van der Waals surface area contributed by atoms with Crippen LogP contribution in [-0.4, -0.2) is 20.4 Å². The van der Waals surface area contributed by atoms with Crippen molar-refractivity contribution < 1.29 is 9.90 Å². The van der Waals surface area contributed by atoms with Crippen LogP contribution in [0.15, 0.2) is 36.5 Å². The molecule has 1 aromatic carbocycles. The summed E-state index contributed by atoms with van der Waals surface area (Å²) in [5.74, 6) is 0.580. The predicted molar refractivity (Wildman–Crippen MR) is 93.3 cm³/mol. The molecular formula is C19H19ClN2O2. The van der Waals surface area contributed by atoms with Gasteiger partial charge in [-0.3, -0.25) is 4.79 Å². The third-order valence-corrected chi connectivity index (χ3v) is 5.48. The van der Waals surface area contributed by atoms with Crippen molar-refractivity contribution in [2.24, 2.45) is 11.8 Å². The highest BCUT2D eigenvalue weighted by Crippen LogP contribution is 2.46. The van der Waals surface area contributed by atoms with Gasteiger partial charge in [0.15, 0.2) is 5.78 Å². The quantitative estimate of drug-likeness (QED) is 0.901.